The highest BCUT2D eigenvalue weighted by Crippen LogP contribution is 2.33. The summed E-state index contributed by atoms with van der Waals surface area (Å²) in [5, 5.41) is 2.23. The molecule has 0 spiro atoms. The Bertz CT molecular complexity index is 1030. The fraction of sp³-hybridized carbons (Fsp3) is 0.536. The molecular weight excluding hydrogens is 490 g/mol. The van der Waals surface area contributed by atoms with E-state index in [0.29, 0.717) is 32.0 Å². The maximum Gasteiger partial charge on any atom is 0.537 e. The van der Waals surface area contributed by atoms with E-state index in [2.05, 4.69) is 50.8 Å². The lowest BCUT2D eigenvalue weighted by atomic mass is 9.99. The number of thiophene rings is 1. The van der Waals surface area contributed by atoms with Gasteiger partial charge in [0.25, 0.3) is 0 Å². The van der Waals surface area contributed by atoms with Gasteiger partial charge in [-0.25, -0.2) is 0 Å². The number of nitrogens with zero attached hydrogens (tertiary/aromatic N) is 1. The van der Waals surface area contributed by atoms with Crippen LogP contribution >= 0.6 is 11.3 Å². The Hall–Kier alpha value is -1.97. The molecule has 36 heavy (non-hydrogen) atoms. The Balaban J connectivity index is 1.90. The van der Waals surface area contributed by atoms with E-state index in [0.717, 1.165) is 29.4 Å². The van der Waals surface area contributed by atoms with E-state index in [9.17, 15) is 4.79 Å². The fourth-order valence-electron chi connectivity index (χ4n) is 4.57. The van der Waals surface area contributed by atoms with Gasteiger partial charge in [-0.05, 0) is 76.8 Å². The number of anilines is 1. The molecule has 3 rings (SSSR count). The summed E-state index contributed by atoms with van der Waals surface area (Å²) in [6.07, 6.45) is 2.62. The summed E-state index contributed by atoms with van der Waals surface area (Å²) in [6.45, 7) is 18.0. The van der Waals surface area contributed by atoms with Crippen molar-refractivity contribution in [1.29, 1.82) is 0 Å². The number of rotatable bonds is 14. The van der Waals surface area contributed by atoms with Gasteiger partial charge in [-0.3, -0.25) is 4.79 Å². The van der Waals surface area contributed by atoms with Crippen molar-refractivity contribution in [3.8, 4) is 0 Å². The van der Waals surface area contributed by atoms with Crippen molar-refractivity contribution in [2.45, 2.75) is 60.8 Å². The first-order valence-electron chi connectivity index (χ1n) is 13.2. The number of cyclic esters (lactones) is 1. The second-order valence-corrected chi connectivity index (χ2v) is 12.7. The largest absolute Gasteiger partial charge is 0.537 e. The minimum absolute atomic E-state index is 0.195. The van der Waals surface area contributed by atoms with Gasteiger partial charge in [0.05, 0.1) is 10.9 Å². The van der Waals surface area contributed by atoms with E-state index < -0.39 is 8.80 Å². The van der Waals surface area contributed by atoms with Crippen molar-refractivity contribution >= 4 is 42.1 Å². The maximum absolute atomic E-state index is 12.8. The van der Waals surface area contributed by atoms with Gasteiger partial charge in [0.2, 0.25) is 0 Å². The first-order chi connectivity index (χ1) is 17.3. The Morgan fingerprint density at radius 2 is 1.61 bits per heavy atom. The molecule has 8 heteroatoms. The molecule has 0 amide bonds. The first-order valence-corrected chi connectivity index (χ1v) is 15.7. The van der Waals surface area contributed by atoms with Gasteiger partial charge in [-0.2, -0.15) is 0 Å². The Kier molecular flexibility index (Phi) is 10.3. The molecule has 6 nitrogen and oxygen atoms in total. The smallest absolute Gasteiger partial charge is 0.426 e. The molecule has 2 heterocycles. The Morgan fingerprint density at radius 1 is 0.972 bits per heavy atom. The number of esters is 1. The molecule has 0 aliphatic carbocycles. The van der Waals surface area contributed by atoms with Crippen molar-refractivity contribution in [3.63, 3.8) is 0 Å². The van der Waals surface area contributed by atoms with Gasteiger partial charge in [-0.15, -0.1) is 11.3 Å². The third-order valence-corrected chi connectivity index (χ3v) is 10.6. The van der Waals surface area contributed by atoms with Gasteiger partial charge < -0.3 is 22.9 Å². The topological polar surface area (TPSA) is 57.2 Å². The SMILES string of the molecule is CCO[Si](OCC)(OCC)c1ccc(C2=CC(Cc3ccc(N(CC)CC)s3)C(=O)O2)cc1C(C)C. The molecule has 1 aliphatic heterocycles. The number of hydrogen-bond acceptors (Lipinski definition) is 7. The van der Waals surface area contributed by atoms with E-state index in [1.54, 1.807) is 11.3 Å². The summed E-state index contributed by atoms with van der Waals surface area (Å²) < 4.78 is 24.3. The van der Waals surface area contributed by atoms with Crippen LogP contribution in [-0.4, -0.2) is 47.7 Å². The first kappa shape index (κ1) is 28.6. The summed E-state index contributed by atoms with van der Waals surface area (Å²) in [5.41, 5.74) is 1.98. The molecule has 1 unspecified atom stereocenters. The molecule has 0 saturated carbocycles. The van der Waals surface area contributed by atoms with Crippen LogP contribution in [0, 0.1) is 5.92 Å². The highest BCUT2D eigenvalue weighted by molar-refractivity contribution is 7.16. The molecule has 0 saturated heterocycles. The Labute approximate surface area is 221 Å². The number of hydrogen-bond donors (Lipinski definition) is 0. The molecule has 0 fully saturated rings. The van der Waals surface area contributed by atoms with Crippen molar-refractivity contribution in [2.75, 3.05) is 37.8 Å². The van der Waals surface area contributed by atoms with Crippen molar-refractivity contribution in [1.82, 2.24) is 0 Å². The zero-order valence-electron chi connectivity index (χ0n) is 22.8. The minimum Gasteiger partial charge on any atom is -0.426 e. The summed E-state index contributed by atoms with van der Waals surface area (Å²) in [6, 6.07) is 10.4. The summed E-state index contributed by atoms with van der Waals surface area (Å²) >= 11 is 1.75. The van der Waals surface area contributed by atoms with E-state index in [4.69, 9.17) is 18.0 Å². The summed E-state index contributed by atoms with van der Waals surface area (Å²) in [5.74, 6) is 0.357. The van der Waals surface area contributed by atoms with Crippen molar-refractivity contribution < 1.29 is 22.8 Å². The summed E-state index contributed by atoms with van der Waals surface area (Å²) in [4.78, 5) is 16.3. The molecule has 1 atom stereocenters. The van der Waals surface area contributed by atoms with Crippen molar-refractivity contribution in [3.05, 3.63) is 52.4 Å². The van der Waals surface area contributed by atoms with Gasteiger partial charge in [0.15, 0.2) is 0 Å². The van der Waals surface area contributed by atoms with Crippen LogP contribution in [0.5, 0.6) is 0 Å². The number of carbonyl (C=O) groups is 1. The molecule has 198 valence electrons. The second kappa shape index (κ2) is 13.0. The van der Waals surface area contributed by atoms with Crippen LogP contribution in [0.1, 0.15) is 70.4 Å². The van der Waals surface area contributed by atoms with E-state index >= 15 is 0 Å². The molecule has 1 aliphatic rings. The molecule has 0 N–H and O–H groups in total. The molecular formula is C28H41NO5SSi. The summed E-state index contributed by atoms with van der Waals surface area (Å²) in [7, 11) is -3.06. The average Bonchev–Trinajstić information content (AvgIpc) is 3.47. The molecule has 2 aromatic rings. The lowest BCUT2D eigenvalue weighted by Crippen LogP contribution is -2.58. The van der Waals surface area contributed by atoms with Crippen LogP contribution in [0.25, 0.3) is 5.76 Å². The van der Waals surface area contributed by atoms with Crippen LogP contribution in [0.15, 0.2) is 36.4 Å². The molecule has 0 bridgehead atoms. The number of carbonyl (C=O) groups excluding carboxylic acids is 1. The quantitative estimate of drug-likeness (QED) is 0.229. The van der Waals surface area contributed by atoms with E-state index in [-0.39, 0.29) is 17.8 Å². The van der Waals surface area contributed by atoms with Crippen LogP contribution in [-0.2, 0) is 29.2 Å². The van der Waals surface area contributed by atoms with E-state index in [1.165, 1.54) is 9.88 Å². The molecule has 1 aromatic heterocycles. The zero-order chi connectivity index (χ0) is 26.3. The highest BCUT2D eigenvalue weighted by Gasteiger charge is 2.45. The minimum atomic E-state index is -3.06. The molecule has 1 aromatic carbocycles. The van der Waals surface area contributed by atoms with Gasteiger partial charge in [0.1, 0.15) is 5.76 Å². The van der Waals surface area contributed by atoms with Crippen molar-refractivity contribution in [2.24, 2.45) is 5.92 Å². The second-order valence-electron chi connectivity index (χ2n) is 8.99. The number of ether oxygens (including phenoxy) is 1. The third kappa shape index (κ3) is 6.29. The van der Waals surface area contributed by atoms with Gasteiger partial charge in [0, 0.05) is 48.5 Å². The zero-order valence-corrected chi connectivity index (χ0v) is 24.6. The third-order valence-electron chi connectivity index (χ3n) is 6.30. The predicted molar refractivity (Wildman–Crippen MR) is 150 cm³/mol. The van der Waals surface area contributed by atoms with Gasteiger partial charge in [-0.1, -0.05) is 26.0 Å². The predicted octanol–water partition coefficient (Wildman–Crippen LogP) is 5.73. The highest BCUT2D eigenvalue weighted by atomic mass is 32.1. The number of benzene rings is 1. The van der Waals surface area contributed by atoms with Crippen LogP contribution in [0.4, 0.5) is 5.00 Å². The fourth-order valence-corrected chi connectivity index (χ4v) is 8.61. The maximum atomic E-state index is 12.8. The lowest BCUT2D eigenvalue weighted by Gasteiger charge is -2.31. The van der Waals surface area contributed by atoms with E-state index in [1.807, 2.05) is 39.0 Å². The van der Waals surface area contributed by atoms with Gasteiger partial charge >= 0.3 is 14.8 Å². The normalized spacial score (nSPS) is 15.9. The molecule has 0 radical (unpaired) electrons. The van der Waals surface area contributed by atoms with Crippen LogP contribution in [0.3, 0.4) is 0 Å². The Morgan fingerprint density at radius 3 is 2.17 bits per heavy atom. The van der Waals surface area contributed by atoms with Crippen LogP contribution < -0.4 is 10.1 Å². The van der Waals surface area contributed by atoms with Crippen LogP contribution in [0.2, 0.25) is 0 Å². The monoisotopic (exact) mass is 531 g/mol. The standard InChI is InChI=1S/C28H41NO5SSi/c1-8-29(9-2)27-16-14-23(35-27)17-22-19-25(34-28(22)30)21-13-15-26(24(18-21)20(6)7)36(31-10-3,32-11-4)33-12-5/h13-16,18-20,22H,8-12,17H2,1-7H3. The average molecular weight is 532 g/mol. The lowest BCUT2D eigenvalue weighted by molar-refractivity contribution is -0.137.